The molecule has 10 heteroatoms. The molecule has 140 valence electrons. The molecule has 2 heterocycles. The topological polar surface area (TPSA) is 81.9 Å². The van der Waals surface area contributed by atoms with E-state index in [1.165, 1.54) is 18.5 Å². The molecule has 1 amide bonds. The van der Waals surface area contributed by atoms with Crippen LogP contribution < -0.4 is 10.1 Å². The van der Waals surface area contributed by atoms with E-state index in [1.807, 2.05) is 6.07 Å². The Bertz CT molecular complexity index is 895. The maximum atomic E-state index is 12.1. The molecule has 3 rings (SSSR count). The number of aromatic nitrogens is 4. The predicted octanol–water partition coefficient (Wildman–Crippen LogP) is 2.80. The summed E-state index contributed by atoms with van der Waals surface area (Å²) in [6.07, 6.45) is 0.0545. The van der Waals surface area contributed by atoms with Gasteiger partial charge >= 0.3 is 6.36 Å². The van der Waals surface area contributed by atoms with Gasteiger partial charge in [0, 0.05) is 12.4 Å². The first kappa shape index (κ1) is 18.4. The molecule has 0 saturated heterocycles. The number of alkyl halides is 3. The van der Waals surface area contributed by atoms with Crippen LogP contribution >= 0.6 is 0 Å². The van der Waals surface area contributed by atoms with E-state index >= 15 is 0 Å². The molecule has 0 aliphatic rings. The summed E-state index contributed by atoms with van der Waals surface area (Å²) in [5, 5.41) is 6.68. The van der Waals surface area contributed by atoms with E-state index in [0.717, 1.165) is 17.7 Å². The lowest BCUT2D eigenvalue weighted by atomic mass is 10.1. The van der Waals surface area contributed by atoms with Crippen LogP contribution in [0.4, 0.5) is 19.1 Å². The average molecular weight is 377 g/mol. The molecule has 0 aliphatic heterocycles. The van der Waals surface area contributed by atoms with Crippen molar-refractivity contribution in [3.63, 3.8) is 0 Å². The minimum Gasteiger partial charge on any atom is -0.406 e. The molecule has 2 aromatic heterocycles. The van der Waals surface area contributed by atoms with Crippen LogP contribution in [0.1, 0.15) is 11.1 Å². The summed E-state index contributed by atoms with van der Waals surface area (Å²) in [4.78, 5) is 20.1. The van der Waals surface area contributed by atoms with Gasteiger partial charge in [0.2, 0.25) is 11.9 Å². The third-order valence-electron chi connectivity index (χ3n) is 3.38. The minimum absolute atomic E-state index is 0.0383. The molecule has 1 N–H and O–H groups in total. The number of hydrogen-bond acceptors (Lipinski definition) is 5. The SMILES string of the molecule is O=C(Cc1ccc(OC(F)(F)F)cc1)Nc1ncn(Cc2cccnc2)n1. The van der Waals surface area contributed by atoms with Crippen molar-refractivity contribution in [3.05, 3.63) is 66.2 Å². The lowest BCUT2D eigenvalue weighted by Gasteiger charge is -2.09. The molecule has 0 unspecified atom stereocenters. The summed E-state index contributed by atoms with van der Waals surface area (Å²) in [6, 6.07) is 8.76. The van der Waals surface area contributed by atoms with Gasteiger partial charge in [0.1, 0.15) is 12.1 Å². The number of carbonyl (C=O) groups is 1. The van der Waals surface area contributed by atoms with Gasteiger partial charge in [-0.3, -0.25) is 15.1 Å². The summed E-state index contributed by atoms with van der Waals surface area (Å²) in [6.45, 7) is 0.456. The van der Waals surface area contributed by atoms with Crippen LogP contribution in [0.25, 0.3) is 0 Å². The number of ether oxygens (including phenoxy) is 1. The molecule has 3 aromatic rings. The highest BCUT2D eigenvalue weighted by molar-refractivity contribution is 5.90. The molecule has 7 nitrogen and oxygen atoms in total. The summed E-state index contributed by atoms with van der Waals surface area (Å²) in [5.41, 5.74) is 1.46. The van der Waals surface area contributed by atoms with Crippen LogP contribution in [0.2, 0.25) is 0 Å². The Morgan fingerprint density at radius 1 is 1.15 bits per heavy atom. The third kappa shape index (κ3) is 5.80. The Hall–Kier alpha value is -3.43. The lowest BCUT2D eigenvalue weighted by molar-refractivity contribution is -0.274. The number of rotatable bonds is 6. The quantitative estimate of drug-likeness (QED) is 0.714. The summed E-state index contributed by atoms with van der Waals surface area (Å²) < 4.78 is 41.7. The van der Waals surface area contributed by atoms with Crippen LogP contribution in [0.5, 0.6) is 5.75 Å². The molecule has 1 aromatic carbocycles. The van der Waals surface area contributed by atoms with Crippen LogP contribution in [0.15, 0.2) is 55.1 Å². The standard InChI is InChI=1S/C17H14F3N5O2/c18-17(19,20)27-14-5-3-12(4-6-14)8-15(26)23-16-22-11-25(24-16)10-13-2-1-7-21-9-13/h1-7,9,11H,8,10H2,(H,23,24,26). The highest BCUT2D eigenvalue weighted by atomic mass is 19.4. The smallest absolute Gasteiger partial charge is 0.406 e. The largest absolute Gasteiger partial charge is 0.573 e. The normalized spacial score (nSPS) is 11.2. The minimum atomic E-state index is -4.75. The van der Waals surface area contributed by atoms with E-state index < -0.39 is 12.3 Å². The van der Waals surface area contributed by atoms with E-state index in [0.29, 0.717) is 12.1 Å². The van der Waals surface area contributed by atoms with Crippen molar-refractivity contribution in [1.29, 1.82) is 0 Å². The number of carbonyl (C=O) groups excluding carboxylic acids is 1. The molecule has 0 bridgehead atoms. The number of anilines is 1. The van der Waals surface area contributed by atoms with E-state index in [2.05, 4.69) is 25.1 Å². The Balaban J connectivity index is 1.53. The molecular weight excluding hydrogens is 363 g/mol. The van der Waals surface area contributed by atoms with Crippen molar-refractivity contribution in [2.45, 2.75) is 19.3 Å². The van der Waals surface area contributed by atoms with Gasteiger partial charge in [-0.25, -0.2) is 9.67 Å². The van der Waals surface area contributed by atoms with Crippen molar-refractivity contribution in [2.75, 3.05) is 5.32 Å². The molecule has 0 atom stereocenters. The lowest BCUT2D eigenvalue weighted by Crippen LogP contribution is -2.17. The number of pyridine rings is 1. The highest BCUT2D eigenvalue weighted by Crippen LogP contribution is 2.22. The molecule has 0 saturated carbocycles. The molecular formula is C17H14F3N5O2. The monoisotopic (exact) mass is 377 g/mol. The molecule has 27 heavy (non-hydrogen) atoms. The van der Waals surface area contributed by atoms with Gasteiger partial charge < -0.3 is 4.74 Å². The van der Waals surface area contributed by atoms with Crippen molar-refractivity contribution in [1.82, 2.24) is 19.7 Å². The van der Waals surface area contributed by atoms with Crippen molar-refractivity contribution >= 4 is 11.9 Å². The number of benzene rings is 1. The summed E-state index contributed by atoms with van der Waals surface area (Å²) in [7, 11) is 0. The maximum Gasteiger partial charge on any atom is 0.573 e. The average Bonchev–Trinajstić information content (AvgIpc) is 3.03. The maximum absolute atomic E-state index is 12.1. The Labute approximate surface area is 151 Å². The fourth-order valence-electron chi connectivity index (χ4n) is 2.27. The Morgan fingerprint density at radius 3 is 2.59 bits per heavy atom. The van der Waals surface area contributed by atoms with E-state index in [1.54, 1.807) is 23.1 Å². The fraction of sp³-hybridized carbons (Fsp3) is 0.176. The van der Waals surface area contributed by atoms with Crippen LogP contribution in [0, 0.1) is 0 Å². The van der Waals surface area contributed by atoms with Crippen molar-refractivity contribution < 1.29 is 22.7 Å². The Kier molecular flexibility index (Phi) is 5.34. The van der Waals surface area contributed by atoms with Crippen molar-refractivity contribution in [2.24, 2.45) is 0 Å². The summed E-state index contributed by atoms with van der Waals surface area (Å²) >= 11 is 0. The zero-order chi connectivity index (χ0) is 19.3. The van der Waals surface area contributed by atoms with E-state index in [4.69, 9.17) is 0 Å². The Morgan fingerprint density at radius 2 is 1.93 bits per heavy atom. The third-order valence-corrected chi connectivity index (χ3v) is 3.38. The van der Waals surface area contributed by atoms with Gasteiger partial charge in [-0.1, -0.05) is 18.2 Å². The number of nitrogens with one attached hydrogen (secondary N) is 1. The second-order valence-electron chi connectivity index (χ2n) is 5.54. The molecule has 0 aliphatic carbocycles. The highest BCUT2D eigenvalue weighted by Gasteiger charge is 2.30. The van der Waals surface area contributed by atoms with Gasteiger partial charge in [0.05, 0.1) is 13.0 Å². The first-order valence-electron chi connectivity index (χ1n) is 7.80. The van der Waals surface area contributed by atoms with E-state index in [9.17, 15) is 18.0 Å². The van der Waals surface area contributed by atoms with Gasteiger partial charge in [-0.2, -0.15) is 0 Å². The second-order valence-corrected chi connectivity index (χ2v) is 5.54. The summed E-state index contributed by atoms with van der Waals surface area (Å²) in [5.74, 6) is -0.595. The fourth-order valence-corrected chi connectivity index (χ4v) is 2.27. The van der Waals surface area contributed by atoms with Crippen LogP contribution in [0.3, 0.4) is 0 Å². The van der Waals surface area contributed by atoms with Gasteiger partial charge in [-0.05, 0) is 29.3 Å². The number of hydrogen-bond donors (Lipinski definition) is 1. The second kappa shape index (κ2) is 7.85. The van der Waals surface area contributed by atoms with E-state index in [-0.39, 0.29) is 18.1 Å². The number of halogens is 3. The first-order chi connectivity index (χ1) is 12.9. The molecule has 0 spiro atoms. The molecule has 0 radical (unpaired) electrons. The van der Waals surface area contributed by atoms with Crippen LogP contribution in [-0.4, -0.2) is 32.0 Å². The van der Waals surface area contributed by atoms with Gasteiger partial charge in [0.15, 0.2) is 0 Å². The molecule has 0 fully saturated rings. The van der Waals surface area contributed by atoms with Crippen molar-refractivity contribution in [3.8, 4) is 5.75 Å². The zero-order valence-corrected chi connectivity index (χ0v) is 13.8. The number of nitrogens with zero attached hydrogens (tertiary/aromatic N) is 4. The van der Waals surface area contributed by atoms with Gasteiger partial charge in [-0.15, -0.1) is 18.3 Å². The number of amides is 1. The van der Waals surface area contributed by atoms with Crippen LogP contribution in [-0.2, 0) is 17.8 Å². The predicted molar refractivity (Wildman–Crippen MR) is 88.8 cm³/mol. The first-order valence-corrected chi connectivity index (χ1v) is 7.80. The zero-order valence-electron chi connectivity index (χ0n) is 13.8. The van der Waals surface area contributed by atoms with Gasteiger partial charge in [0.25, 0.3) is 0 Å².